The van der Waals surface area contributed by atoms with Crippen molar-refractivity contribution in [1.29, 1.82) is 0 Å². The van der Waals surface area contributed by atoms with Crippen molar-refractivity contribution < 1.29 is 0 Å². The number of guanidine groups is 1. The first-order valence-electron chi connectivity index (χ1n) is 10.2. The normalized spacial score (nSPS) is 13.0. The highest BCUT2D eigenvalue weighted by Crippen LogP contribution is 2.08. The van der Waals surface area contributed by atoms with Crippen LogP contribution in [0.3, 0.4) is 0 Å². The van der Waals surface area contributed by atoms with Crippen LogP contribution in [-0.4, -0.2) is 51.6 Å². The van der Waals surface area contributed by atoms with E-state index in [0.29, 0.717) is 12.6 Å². The zero-order valence-corrected chi connectivity index (χ0v) is 17.5. The minimum atomic E-state index is 0.464. The first-order chi connectivity index (χ1) is 14.2. The smallest absolute Gasteiger partial charge is 0.191 e. The van der Waals surface area contributed by atoms with Crippen LogP contribution in [0.5, 0.6) is 0 Å². The average molecular weight is 394 g/mol. The number of hydrogen-bond donors (Lipinski definition) is 2. The lowest BCUT2D eigenvalue weighted by molar-refractivity contribution is 0.238. The fourth-order valence-electron chi connectivity index (χ4n) is 3.14. The van der Waals surface area contributed by atoms with E-state index in [9.17, 15) is 0 Å². The monoisotopic (exact) mass is 393 g/mol. The fourth-order valence-corrected chi connectivity index (χ4v) is 3.14. The van der Waals surface area contributed by atoms with Gasteiger partial charge in [-0.05, 0) is 45.0 Å². The van der Waals surface area contributed by atoms with Gasteiger partial charge in [0.2, 0.25) is 0 Å². The summed E-state index contributed by atoms with van der Waals surface area (Å²) in [6.07, 6.45) is 2.99. The van der Waals surface area contributed by atoms with E-state index in [1.165, 1.54) is 5.56 Å². The molecule has 1 unspecified atom stereocenters. The number of nitrogens with zero attached hydrogens (tertiary/aromatic N) is 5. The Morgan fingerprint density at radius 1 is 1.10 bits per heavy atom. The molecule has 7 heteroatoms. The standard InChI is InChI=1S/C22H31N7/c1-4-23-22(25-16-21-27-26-20-12-8-9-15-29(20)21)24-14-13-18(2)28(3)17-19-10-6-5-7-11-19/h5-12,15,18H,4,13-14,16-17H2,1-3H3,(H2,23,24,25). The predicted octanol–water partition coefficient (Wildman–Crippen LogP) is 2.70. The molecule has 2 N–H and O–H groups in total. The van der Waals surface area contributed by atoms with Crippen LogP contribution in [0.15, 0.2) is 59.7 Å². The van der Waals surface area contributed by atoms with Crippen molar-refractivity contribution in [2.45, 2.75) is 39.4 Å². The zero-order chi connectivity index (χ0) is 20.5. The maximum atomic E-state index is 4.67. The number of hydrogen-bond acceptors (Lipinski definition) is 4. The minimum Gasteiger partial charge on any atom is -0.357 e. The molecule has 29 heavy (non-hydrogen) atoms. The number of aromatic nitrogens is 3. The number of nitrogens with one attached hydrogen (secondary N) is 2. The van der Waals surface area contributed by atoms with E-state index in [-0.39, 0.29) is 0 Å². The molecule has 0 aliphatic rings. The van der Waals surface area contributed by atoms with Gasteiger partial charge in [-0.15, -0.1) is 10.2 Å². The van der Waals surface area contributed by atoms with Gasteiger partial charge in [-0.25, -0.2) is 4.99 Å². The molecule has 0 fully saturated rings. The van der Waals surface area contributed by atoms with Crippen LogP contribution in [0.4, 0.5) is 0 Å². The van der Waals surface area contributed by atoms with E-state index in [1.807, 2.05) is 28.8 Å². The molecule has 0 radical (unpaired) electrons. The van der Waals surface area contributed by atoms with Gasteiger partial charge < -0.3 is 10.6 Å². The van der Waals surface area contributed by atoms with Crippen LogP contribution in [0.25, 0.3) is 5.65 Å². The summed E-state index contributed by atoms with van der Waals surface area (Å²) in [4.78, 5) is 7.05. The van der Waals surface area contributed by atoms with E-state index in [4.69, 9.17) is 0 Å². The second-order valence-electron chi connectivity index (χ2n) is 7.21. The van der Waals surface area contributed by atoms with E-state index < -0.39 is 0 Å². The summed E-state index contributed by atoms with van der Waals surface area (Å²) in [7, 11) is 2.17. The molecule has 0 saturated heterocycles. The summed E-state index contributed by atoms with van der Waals surface area (Å²) in [6.45, 7) is 7.43. The third-order valence-electron chi connectivity index (χ3n) is 4.99. The topological polar surface area (TPSA) is 69.8 Å². The van der Waals surface area contributed by atoms with Gasteiger partial charge in [0, 0.05) is 31.9 Å². The number of aliphatic imine (C=N–C) groups is 1. The Balaban J connectivity index is 1.50. The maximum Gasteiger partial charge on any atom is 0.191 e. The fraction of sp³-hybridized carbons (Fsp3) is 0.409. The molecule has 0 bridgehead atoms. The summed E-state index contributed by atoms with van der Waals surface area (Å²) in [5.74, 6) is 1.63. The molecule has 3 rings (SSSR count). The quantitative estimate of drug-likeness (QED) is 0.432. The van der Waals surface area contributed by atoms with E-state index >= 15 is 0 Å². The lowest BCUT2D eigenvalue weighted by Gasteiger charge is -2.25. The van der Waals surface area contributed by atoms with Crippen LogP contribution < -0.4 is 10.6 Å². The van der Waals surface area contributed by atoms with Crippen LogP contribution in [0.2, 0.25) is 0 Å². The molecule has 3 aromatic rings. The first-order valence-corrected chi connectivity index (χ1v) is 10.2. The molecule has 0 spiro atoms. The third kappa shape index (κ3) is 6.02. The summed E-state index contributed by atoms with van der Waals surface area (Å²) in [6, 6.07) is 16.9. The van der Waals surface area contributed by atoms with Crippen molar-refractivity contribution in [3.8, 4) is 0 Å². The Morgan fingerprint density at radius 3 is 2.69 bits per heavy atom. The van der Waals surface area contributed by atoms with Crippen molar-refractivity contribution in [3.63, 3.8) is 0 Å². The molecule has 7 nitrogen and oxygen atoms in total. The number of rotatable bonds is 9. The van der Waals surface area contributed by atoms with Gasteiger partial charge in [-0.2, -0.15) is 0 Å². The van der Waals surface area contributed by atoms with Gasteiger partial charge in [-0.3, -0.25) is 9.30 Å². The molecular weight excluding hydrogens is 362 g/mol. The van der Waals surface area contributed by atoms with Crippen molar-refractivity contribution in [3.05, 3.63) is 66.1 Å². The van der Waals surface area contributed by atoms with Crippen molar-refractivity contribution in [2.24, 2.45) is 4.99 Å². The molecule has 0 amide bonds. The summed E-state index contributed by atoms with van der Waals surface area (Å²) < 4.78 is 1.97. The Bertz CT molecular complexity index is 904. The van der Waals surface area contributed by atoms with Gasteiger partial charge in [0.15, 0.2) is 17.4 Å². The minimum absolute atomic E-state index is 0.464. The highest BCUT2D eigenvalue weighted by Gasteiger charge is 2.10. The van der Waals surface area contributed by atoms with Crippen LogP contribution in [-0.2, 0) is 13.1 Å². The second-order valence-corrected chi connectivity index (χ2v) is 7.21. The molecular formula is C22H31N7. The van der Waals surface area contributed by atoms with Gasteiger partial charge >= 0.3 is 0 Å². The van der Waals surface area contributed by atoms with Crippen LogP contribution in [0.1, 0.15) is 31.7 Å². The van der Waals surface area contributed by atoms with Gasteiger partial charge in [-0.1, -0.05) is 36.4 Å². The Labute approximate surface area is 172 Å². The van der Waals surface area contributed by atoms with Gasteiger partial charge in [0.1, 0.15) is 6.54 Å². The molecule has 2 heterocycles. The molecule has 0 saturated carbocycles. The first kappa shape index (κ1) is 20.8. The van der Waals surface area contributed by atoms with Crippen LogP contribution >= 0.6 is 0 Å². The molecule has 154 valence electrons. The SMILES string of the molecule is CCNC(=NCc1nnc2ccccn12)NCCC(C)N(C)Cc1ccccc1. The Kier molecular flexibility index (Phi) is 7.58. The predicted molar refractivity (Wildman–Crippen MR) is 118 cm³/mol. The Morgan fingerprint density at radius 2 is 1.90 bits per heavy atom. The van der Waals surface area contributed by atoms with E-state index in [0.717, 1.165) is 43.5 Å². The summed E-state index contributed by atoms with van der Waals surface area (Å²) in [5.41, 5.74) is 2.18. The molecule has 2 aromatic heterocycles. The van der Waals surface area contributed by atoms with Crippen molar-refractivity contribution in [2.75, 3.05) is 20.1 Å². The second kappa shape index (κ2) is 10.6. The van der Waals surface area contributed by atoms with E-state index in [2.05, 4.69) is 82.0 Å². The Hall–Kier alpha value is -2.93. The highest BCUT2D eigenvalue weighted by atomic mass is 15.3. The lowest BCUT2D eigenvalue weighted by Crippen LogP contribution is -2.40. The lowest BCUT2D eigenvalue weighted by atomic mass is 10.1. The summed E-state index contributed by atoms with van der Waals surface area (Å²) in [5, 5.41) is 15.2. The average Bonchev–Trinajstić information content (AvgIpc) is 3.16. The van der Waals surface area contributed by atoms with E-state index in [1.54, 1.807) is 0 Å². The van der Waals surface area contributed by atoms with Crippen molar-refractivity contribution in [1.82, 2.24) is 30.1 Å². The largest absolute Gasteiger partial charge is 0.357 e. The number of pyridine rings is 1. The molecule has 1 aromatic carbocycles. The van der Waals surface area contributed by atoms with Gasteiger partial charge in [0.25, 0.3) is 0 Å². The molecule has 0 aliphatic heterocycles. The third-order valence-corrected chi connectivity index (χ3v) is 4.99. The highest BCUT2D eigenvalue weighted by molar-refractivity contribution is 5.79. The number of benzene rings is 1. The van der Waals surface area contributed by atoms with Gasteiger partial charge in [0.05, 0.1) is 0 Å². The summed E-state index contributed by atoms with van der Waals surface area (Å²) >= 11 is 0. The number of fused-ring (bicyclic) bond motifs is 1. The maximum absolute atomic E-state index is 4.67. The van der Waals surface area contributed by atoms with Crippen molar-refractivity contribution >= 4 is 11.6 Å². The zero-order valence-electron chi connectivity index (χ0n) is 17.5. The molecule has 1 atom stereocenters. The van der Waals surface area contributed by atoms with Crippen LogP contribution in [0, 0.1) is 0 Å². The molecule has 0 aliphatic carbocycles.